The molecule has 2 aliphatic rings. The first-order valence-corrected chi connectivity index (χ1v) is 24.8. The molecule has 9 rings (SSSR count). The van der Waals surface area contributed by atoms with Gasteiger partial charge in [0.15, 0.2) is 11.2 Å². The molecule has 67 heavy (non-hydrogen) atoms. The number of aromatic nitrogens is 1. The molecular formula is C52H41Cl2N5O5S3. The topological polar surface area (TPSA) is 130 Å². The number of hydrogen-bond acceptors (Lipinski definition) is 10. The van der Waals surface area contributed by atoms with Gasteiger partial charge in [0, 0.05) is 22.4 Å². The second-order valence-corrected chi connectivity index (χ2v) is 19.5. The van der Waals surface area contributed by atoms with Crippen molar-refractivity contribution >= 4 is 92.5 Å². The molecule has 0 spiro atoms. The number of hydrogen-bond donors (Lipinski definition) is 3. The van der Waals surface area contributed by atoms with Gasteiger partial charge >= 0.3 is 5.97 Å². The van der Waals surface area contributed by atoms with E-state index in [0.717, 1.165) is 32.7 Å². The Bertz CT molecular complexity index is 2790. The van der Waals surface area contributed by atoms with Gasteiger partial charge in [0.25, 0.3) is 5.91 Å². The summed E-state index contributed by atoms with van der Waals surface area (Å²) in [6.07, 6.45) is 0.801. The van der Waals surface area contributed by atoms with Crippen LogP contribution in [-0.4, -0.2) is 63.0 Å². The molecule has 3 N–H and O–H groups in total. The number of amides is 3. The van der Waals surface area contributed by atoms with E-state index in [2.05, 4.69) is 20.9 Å². The van der Waals surface area contributed by atoms with Gasteiger partial charge in [0.05, 0.1) is 32.8 Å². The van der Waals surface area contributed by atoms with Crippen molar-refractivity contribution in [3.8, 4) is 0 Å². The number of carbonyl (C=O) groups excluding carboxylic acids is 4. The number of esters is 1. The van der Waals surface area contributed by atoms with Crippen molar-refractivity contribution in [3.05, 3.63) is 224 Å². The van der Waals surface area contributed by atoms with E-state index >= 15 is 0 Å². The van der Waals surface area contributed by atoms with Crippen molar-refractivity contribution in [2.75, 3.05) is 23.4 Å². The molecule has 3 heterocycles. The highest BCUT2D eigenvalue weighted by atomic mass is 35.5. The largest absolute Gasteiger partial charge is 0.448 e. The second kappa shape index (κ2) is 20.8. The van der Waals surface area contributed by atoms with Crippen LogP contribution in [0.4, 0.5) is 5.13 Å². The van der Waals surface area contributed by atoms with E-state index in [0.29, 0.717) is 25.6 Å². The monoisotopic (exact) mass is 981 g/mol. The van der Waals surface area contributed by atoms with Crippen LogP contribution in [0.25, 0.3) is 5.57 Å². The van der Waals surface area contributed by atoms with Crippen LogP contribution in [0.15, 0.2) is 187 Å². The van der Waals surface area contributed by atoms with Crippen LogP contribution >= 0.6 is 58.1 Å². The summed E-state index contributed by atoms with van der Waals surface area (Å²) < 4.78 is 6.38. The smallest absolute Gasteiger partial charge is 0.356 e. The number of benzene rings is 6. The van der Waals surface area contributed by atoms with Gasteiger partial charge in [0.1, 0.15) is 17.1 Å². The second-order valence-electron chi connectivity index (χ2n) is 15.5. The predicted octanol–water partition coefficient (Wildman–Crippen LogP) is 10.2. The van der Waals surface area contributed by atoms with Crippen LogP contribution in [0.3, 0.4) is 0 Å². The molecule has 1 fully saturated rings. The minimum absolute atomic E-state index is 0.0293. The van der Waals surface area contributed by atoms with Crippen molar-refractivity contribution in [3.63, 3.8) is 0 Å². The summed E-state index contributed by atoms with van der Waals surface area (Å²) in [4.78, 5) is 63.4. The van der Waals surface area contributed by atoms with E-state index < -0.39 is 34.9 Å². The first kappa shape index (κ1) is 45.9. The Balaban J connectivity index is 0.981. The van der Waals surface area contributed by atoms with Crippen LogP contribution in [-0.2, 0) is 29.5 Å². The Hall–Kier alpha value is -6.19. The van der Waals surface area contributed by atoms with Crippen LogP contribution in [0.5, 0.6) is 0 Å². The molecule has 10 nitrogen and oxygen atoms in total. The first-order chi connectivity index (χ1) is 32.7. The van der Waals surface area contributed by atoms with Crippen molar-refractivity contribution in [1.29, 1.82) is 0 Å². The summed E-state index contributed by atoms with van der Waals surface area (Å²) in [7, 11) is 0. The van der Waals surface area contributed by atoms with E-state index in [9.17, 15) is 19.2 Å². The lowest BCUT2D eigenvalue weighted by Crippen LogP contribution is -2.70. The highest BCUT2D eigenvalue weighted by molar-refractivity contribution is 8.00. The minimum atomic E-state index is -0.881. The van der Waals surface area contributed by atoms with E-state index in [1.807, 2.05) is 152 Å². The van der Waals surface area contributed by atoms with Gasteiger partial charge in [0.2, 0.25) is 11.8 Å². The van der Waals surface area contributed by atoms with Crippen molar-refractivity contribution < 1.29 is 23.9 Å². The Labute approximate surface area is 410 Å². The Morgan fingerprint density at radius 2 is 1.30 bits per heavy atom. The minimum Gasteiger partial charge on any atom is -0.448 e. The number of anilines is 1. The number of thioether (sulfide) groups is 2. The molecular weight excluding hydrogens is 942 g/mol. The van der Waals surface area contributed by atoms with Gasteiger partial charge in [-0.2, -0.15) is 0 Å². The van der Waals surface area contributed by atoms with E-state index in [1.54, 1.807) is 24.4 Å². The molecule has 2 unspecified atom stereocenters. The Kier molecular flexibility index (Phi) is 14.2. The molecule has 0 saturated carbocycles. The molecule has 2 atom stereocenters. The maximum absolute atomic E-state index is 14.7. The molecule has 0 radical (unpaired) electrons. The zero-order valence-electron chi connectivity index (χ0n) is 35.5. The number of nitrogens with zero attached hydrogens (tertiary/aromatic N) is 2. The molecule has 3 amide bonds. The fourth-order valence-corrected chi connectivity index (χ4v) is 11.6. The summed E-state index contributed by atoms with van der Waals surface area (Å²) in [5, 5.41) is 9.96. The lowest BCUT2D eigenvalue weighted by Gasteiger charge is -2.49. The van der Waals surface area contributed by atoms with E-state index in [4.69, 9.17) is 27.9 Å². The third kappa shape index (κ3) is 9.94. The van der Waals surface area contributed by atoms with Gasteiger partial charge in [-0.25, -0.2) is 9.78 Å². The molecule has 15 heteroatoms. The van der Waals surface area contributed by atoms with Crippen LogP contribution in [0, 0.1) is 0 Å². The summed E-state index contributed by atoms with van der Waals surface area (Å²) in [6.45, 7) is -0.0763. The zero-order chi connectivity index (χ0) is 46.3. The zero-order valence-corrected chi connectivity index (χ0v) is 39.5. The van der Waals surface area contributed by atoms with Crippen LogP contribution < -0.4 is 16.0 Å². The van der Waals surface area contributed by atoms with Crippen molar-refractivity contribution in [2.24, 2.45) is 0 Å². The average molecular weight is 983 g/mol. The number of ether oxygens (including phenoxy) is 1. The summed E-state index contributed by atoms with van der Waals surface area (Å²) in [5.74, 6) is -1.53. The molecule has 6 aromatic carbocycles. The number of β-lactam (4-membered cyclic amide) rings is 1. The molecule has 336 valence electrons. The molecule has 7 aromatic rings. The summed E-state index contributed by atoms with van der Waals surface area (Å²) in [5.41, 5.74) is 4.09. The lowest BCUT2D eigenvalue weighted by atomic mass is 9.77. The molecule has 2 aliphatic heterocycles. The predicted molar refractivity (Wildman–Crippen MR) is 268 cm³/mol. The Morgan fingerprint density at radius 1 is 0.746 bits per heavy atom. The number of thiazole rings is 1. The average Bonchev–Trinajstić information content (AvgIpc) is 3.84. The van der Waals surface area contributed by atoms with Gasteiger partial charge < -0.3 is 15.4 Å². The van der Waals surface area contributed by atoms with Gasteiger partial charge in [-0.3, -0.25) is 24.6 Å². The fraction of sp³-hybridized carbons (Fsp3) is 0.135. The molecule has 0 bridgehead atoms. The van der Waals surface area contributed by atoms with Crippen molar-refractivity contribution in [1.82, 2.24) is 20.5 Å². The Morgan fingerprint density at radius 3 is 1.85 bits per heavy atom. The maximum Gasteiger partial charge on any atom is 0.356 e. The highest BCUT2D eigenvalue weighted by Gasteiger charge is 2.55. The summed E-state index contributed by atoms with van der Waals surface area (Å²) >= 11 is 16.1. The fourth-order valence-electron chi connectivity index (χ4n) is 8.19. The van der Waals surface area contributed by atoms with Crippen LogP contribution in [0.1, 0.15) is 38.8 Å². The standard InChI is InChI=1S/C52H41Cl2N5O5S3/c53-40-27-26-38(28-41(40)54)65-32-44(61)57-45-48(62)59-46(50(63)64-47(33-16-6-1-7-17-33)34-18-8-2-9-19-34)39(31-66-49(45)59)42-29-55-51(67-42)58-43(60)30-56-52(35-20-10-3-11-21-35,36-22-12-4-13-23-36)37-24-14-5-15-25-37/h1-29,45,47,49,56H,30-32H2,(H,57,61)(H,55,58,60). The quantitative estimate of drug-likeness (QED) is 0.0375. The van der Waals surface area contributed by atoms with Crippen molar-refractivity contribution in [2.45, 2.75) is 28.0 Å². The van der Waals surface area contributed by atoms with Gasteiger partial charge in [-0.1, -0.05) is 186 Å². The molecule has 0 aliphatic carbocycles. The number of rotatable bonds is 16. The molecule has 1 aromatic heterocycles. The third-order valence-electron chi connectivity index (χ3n) is 11.4. The maximum atomic E-state index is 14.7. The lowest BCUT2D eigenvalue weighted by molar-refractivity contribution is -0.154. The molecule has 1 saturated heterocycles. The van der Waals surface area contributed by atoms with Gasteiger partial charge in [-0.15, -0.1) is 23.5 Å². The number of halogens is 2. The number of fused-ring (bicyclic) bond motifs is 1. The highest BCUT2D eigenvalue weighted by Crippen LogP contribution is 2.46. The normalized spacial score (nSPS) is 15.7. The number of carbonyl (C=O) groups is 4. The van der Waals surface area contributed by atoms with Gasteiger partial charge in [-0.05, 0) is 46.0 Å². The summed E-state index contributed by atoms with van der Waals surface area (Å²) in [6, 6.07) is 53.0. The van der Waals surface area contributed by atoms with Crippen LogP contribution in [0.2, 0.25) is 10.0 Å². The SMILES string of the molecule is O=C(CNC(c1ccccc1)(c1ccccc1)c1ccccc1)Nc1ncc(C2=C(C(=O)OC(c3ccccc3)c3ccccc3)N3C(=O)C(NC(=O)CSc4ccc(Cl)c(Cl)c4)C3SC2)s1. The first-order valence-electron chi connectivity index (χ1n) is 21.2. The number of nitrogens with one attached hydrogen (secondary N) is 3. The van der Waals surface area contributed by atoms with E-state index in [1.165, 1.54) is 39.8 Å². The third-order valence-corrected chi connectivity index (χ3v) is 15.3. The van der Waals surface area contributed by atoms with E-state index in [-0.39, 0.29) is 35.6 Å².